The van der Waals surface area contributed by atoms with Crippen LogP contribution in [0.25, 0.3) is 0 Å². The second-order valence-electron chi connectivity index (χ2n) is 3.34. The number of primary amides is 1. The third kappa shape index (κ3) is 6.38. The molecule has 0 saturated carbocycles. The van der Waals surface area contributed by atoms with Crippen molar-refractivity contribution in [3.8, 4) is 0 Å². The van der Waals surface area contributed by atoms with Gasteiger partial charge in [0.1, 0.15) is 0 Å². The van der Waals surface area contributed by atoms with Gasteiger partial charge in [-0.3, -0.25) is 4.79 Å². The van der Waals surface area contributed by atoms with Crippen LogP contribution in [0.3, 0.4) is 0 Å². The monoisotopic (exact) mass is 183 g/mol. The minimum absolute atomic E-state index is 0.266. The molecule has 0 aliphatic heterocycles. The molecule has 0 spiro atoms. The maximum absolute atomic E-state index is 10.8. The molecule has 13 heavy (non-hydrogen) atoms. The van der Waals surface area contributed by atoms with Crippen molar-refractivity contribution in [3.05, 3.63) is 11.6 Å². The van der Waals surface area contributed by atoms with Crippen LogP contribution < -0.4 is 5.73 Å². The number of unbranched alkanes of at least 4 members (excludes halogenated alkanes) is 4. The summed E-state index contributed by atoms with van der Waals surface area (Å²) in [6, 6.07) is 0. The molecular formula is C11H21NO. The maximum Gasteiger partial charge on any atom is 0.244 e. The molecule has 0 radical (unpaired) electrons. The molecule has 0 atom stereocenters. The lowest BCUT2D eigenvalue weighted by molar-refractivity contribution is -0.114. The molecule has 1 amide bonds. The van der Waals surface area contributed by atoms with Crippen molar-refractivity contribution < 1.29 is 4.79 Å². The smallest absolute Gasteiger partial charge is 0.244 e. The highest BCUT2D eigenvalue weighted by atomic mass is 16.1. The van der Waals surface area contributed by atoms with Crippen LogP contribution in [0.4, 0.5) is 0 Å². The first-order valence-electron chi connectivity index (χ1n) is 5.17. The fourth-order valence-corrected chi connectivity index (χ4v) is 1.33. The molecule has 0 fully saturated rings. The number of amides is 1. The Balaban J connectivity index is 3.46. The van der Waals surface area contributed by atoms with E-state index >= 15 is 0 Å². The molecule has 0 bridgehead atoms. The fraction of sp³-hybridized carbons (Fsp3) is 0.727. The Hall–Kier alpha value is -0.790. The van der Waals surface area contributed by atoms with Crippen LogP contribution in [0.2, 0.25) is 0 Å². The number of rotatable bonds is 7. The SMILES string of the molecule is C/C=C(/CCCCCCC)C(N)=O. The number of carbonyl (C=O) groups excluding carboxylic acids is 1. The van der Waals surface area contributed by atoms with Gasteiger partial charge in [0.15, 0.2) is 0 Å². The zero-order chi connectivity index (χ0) is 10.1. The molecule has 2 N–H and O–H groups in total. The number of allylic oxidation sites excluding steroid dienone is 1. The van der Waals surface area contributed by atoms with Gasteiger partial charge in [0.2, 0.25) is 5.91 Å². The third-order valence-corrected chi connectivity index (χ3v) is 2.21. The molecule has 0 rings (SSSR count). The van der Waals surface area contributed by atoms with Crippen LogP contribution in [-0.2, 0) is 4.79 Å². The Bertz CT molecular complexity index is 173. The van der Waals surface area contributed by atoms with Crippen LogP contribution in [0, 0.1) is 0 Å². The van der Waals surface area contributed by atoms with E-state index in [0.717, 1.165) is 18.4 Å². The van der Waals surface area contributed by atoms with Crippen molar-refractivity contribution in [2.75, 3.05) is 0 Å². The first-order valence-corrected chi connectivity index (χ1v) is 5.17. The minimum atomic E-state index is -0.266. The van der Waals surface area contributed by atoms with E-state index in [4.69, 9.17) is 5.73 Å². The van der Waals surface area contributed by atoms with Crippen molar-refractivity contribution in [1.82, 2.24) is 0 Å². The van der Waals surface area contributed by atoms with E-state index in [1.807, 2.05) is 13.0 Å². The highest BCUT2D eigenvalue weighted by molar-refractivity contribution is 5.91. The molecular weight excluding hydrogens is 162 g/mol. The number of nitrogens with two attached hydrogens (primary N) is 1. The third-order valence-electron chi connectivity index (χ3n) is 2.21. The molecule has 0 unspecified atom stereocenters. The van der Waals surface area contributed by atoms with Gasteiger partial charge in [-0.15, -0.1) is 0 Å². The van der Waals surface area contributed by atoms with Gasteiger partial charge in [0.05, 0.1) is 0 Å². The van der Waals surface area contributed by atoms with Crippen LogP contribution in [-0.4, -0.2) is 5.91 Å². The molecule has 2 heteroatoms. The summed E-state index contributed by atoms with van der Waals surface area (Å²) < 4.78 is 0. The molecule has 0 aliphatic carbocycles. The van der Waals surface area contributed by atoms with E-state index in [1.54, 1.807) is 0 Å². The first-order chi connectivity index (χ1) is 6.22. The van der Waals surface area contributed by atoms with Crippen molar-refractivity contribution in [3.63, 3.8) is 0 Å². The number of carbonyl (C=O) groups is 1. The van der Waals surface area contributed by atoms with Gasteiger partial charge in [-0.2, -0.15) is 0 Å². The molecule has 2 nitrogen and oxygen atoms in total. The lowest BCUT2D eigenvalue weighted by atomic mass is 10.1. The Morgan fingerprint density at radius 3 is 2.31 bits per heavy atom. The molecule has 76 valence electrons. The Morgan fingerprint density at radius 2 is 1.85 bits per heavy atom. The van der Waals surface area contributed by atoms with Gasteiger partial charge in [-0.25, -0.2) is 0 Å². The normalized spacial score (nSPS) is 11.7. The van der Waals surface area contributed by atoms with E-state index < -0.39 is 0 Å². The summed E-state index contributed by atoms with van der Waals surface area (Å²) in [5.74, 6) is -0.266. The highest BCUT2D eigenvalue weighted by Gasteiger charge is 2.01. The van der Waals surface area contributed by atoms with Crippen LogP contribution in [0.5, 0.6) is 0 Å². The van der Waals surface area contributed by atoms with E-state index in [9.17, 15) is 4.79 Å². The zero-order valence-electron chi connectivity index (χ0n) is 8.81. The zero-order valence-corrected chi connectivity index (χ0v) is 8.81. The van der Waals surface area contributed by atoms with Gasteiger partial charge in [-0.05, 0) is 19.8 Å². The maximum atomic E-state index is 10.8. The van der Waals surface area contributed by atoms with E-state index in [0.29, 0.717) is 0 Å². The molecule has 0 aromatic carbocycles. The summed E-state index contributed by atoms with van der Waals surface area (Å²) in [7, 11) is 0. The van der Waals surface area contributed by atoms with Crippen molar-refractivity contribution >= 4 is 5.91 Å². The predicted octanol–water partition coefficient (Wildman–Crippen LogP) is 2.78. The predicted molar refractivity (Wildman–Crippen MR) is 56.3 cm³/mol. The van der Waals surface area contributed by atoms with Gasteiger partial charge in [-0.1, -0.05) is 38.7 Å². The number of hydrogen-bond donors (Lipinski definition) is 1. The average Bonchev–Trinajstić information content (AvgIpc) is 2.10. The summed E-state index contributed by atoms with van der Waals surface area (Å²) in [6.45, 7) is 4.06. The fourth-order valence-electron chi connectivity index (χ4n) is 1.33. The summed E-state index contributed by atoms with van der Waals surface area (Å²) >= 11 is 0. The van der Waals surface area contributed by atoms with Crippen molar-refractivity contribution in [1.29, 1.82) is 0 Å². The lowest BCUT2D eigenvalue weighted by Gasteiger charge is -2.01. The quantitative estimate of drug-likeness (QED) is 0.478. The van der Waals surface area contributed by atoms with Crippen molar-refractivity contribution in [2.45, 2.75) is 52.4 Å². The number of hydrogen-bond acceptors (Lipinski definition) is 1. The van der Waals surface area contributed by atoms with Gasteiger partial charge in [0, 0.05) is 5.57 Å². The average molecular weight is 183 g/mol. The molecule has 0 saturated heterocycles. The largest absolute Gasteiger partial charge is 0.366 e. The molecule has 0 aliphatic rings. The standard InChI is InChI=1S/C11H21NO/c1-3-5-6-7-8-9-10(4-2)11(12)13/h4H,3,5-9H2,1-2H3,(H2,12,13)/b10-4-. The minimum Gasteiger partial charge on any atom is -0.366 e. The summed E-state index contributed by atoms with van der Waals surface area (Å²) in [6.07, 6.45) is 8.78. The van der Waals surface area contributed by atoms with Crippen LogP contribution in [0.1, 0.15) is 52.4 Å². The van der Waals surface area contributed by atoms with Gasteiger partial charge in [0.25, 0.3) is 0 Å². The Morgan fingerprint density at radius 1 is 1.23 bits per heavy atom. The Kier molecular flexibility index (Phi) is 7.36. The van der Waals surface area contributed by atoms with Crippen LogP contribution in [0.15, 0.2) is 11.6 Å². The molecule has 0 aromatic rings. The van der Waals surface area contributed by atoms with Gasteiger partial charge < -0.3 is 5.73 Å². The topological polar surface area (TPSA) is 43.1 Å². The summed E-state index contributed by atoms with van der Waals surface area (Å²) in [5, 5.41) is 0. The van der Waals surface area contributed by atoms with Crippen molar-refractivity contribution in [2.24, 2.45) is 5.73 Å². The lowest BCUT2D eigenvalue weighted by Crippen LogP contribution is -2.13. The highest BCUT2D eigenvalue weighted by Crippen LogP contribution is 2.10. The Labute approximate surface area is 81.2 Å². The van der Waals surface area contributed by atoms with E-state index in [1.165, 1.54) is 25.7 Å². The van der Waals surface area contributed by atoms with E-state index in [-0.39, 0.29) is 5.91 Å². The summed E-state index contributed by atoms with van der Waals surface area (Å²) in [4.78, 5) is 10.8. The summed E-state index contributed by atoms with van der Waals surface area (Å²) in [5.41, 5.74) is 5.96. The first kappa shape index (κ1) is 12.2. The van der Waals surface area contributed by atoms with Crippen LogP contribution >= 0.6 is 0 Å². The second kappa shape index (κ2) is 7.84. The molecule has 0 heterocycles. The second-order valence-corrected chi connectivity index (χ2v) is 3.34. The van der Waals surface area contributed by atoms with E-state index in [2.05, 4.69) is 6.92 Å². The van der Waals surface area contributed by atoms with Gasteiger partial charge >= 0.3 is 0 Å². The molecule has 0 aromatic heterocycles.